The minimum absolute atomic E-state index is 0.663. The van der Waals surface area contributed by atoms with Crippen molar-refractivity contribution in [3.63, 3.8) is 0 Å². The summed E-state index contributed by atoms with van der Waals surface area (Å²) in [6, 6.07) is 7.37. The van der Waals surface area contributed by atoms with E-state index in [0.717, 1.165) is 11.8 Å². The van der Waals surface area contributed by atoms with Crippen molar-refractivity contribution in [1.82, 2.24) is 0 Å². The van der Waals surface area contributed by atoms with E-state index in [-0.39, 0.29) is 0 Å². The summed E-state index contributed by atoms with van der Waals surface area (Å²) in [6.45, 7) is 9.12. The van der Waals surface area contributed by atoms with E-state index in [1.54, 1.807) is 0 Å². The van der Waals surface area contributed by atoms with E-state index in [0.29, 0.717) is 6.04 Å². The van der Waals surface area contributed by atoms with Crippen LogP contribution in [-0.4, -0.2) is 6.04 Å². The predicted molar refractivity (Wildman–Crippen MR) is 75.5 cm³/mol. The van der Waals surface area contributed by atoms with Crippen molar-refractivity contribution in [2.24, 2.45) is 11.8 Å². The molecule has 1 N–H and O–H groups in total. The van der Waals surface area contributed by atoms with Crippen molar-refractivity contribution >= 4 is 5.69 Å². The van der Waals surface area contributed by atoms with Crippen molar-refractivity contribution < 1.29 is 0 Å². The first-order valence-corrected chi connectivity index (χ1v) is 6.88. The lowest BCUT2D eigenvalue weighted by molar-refractivity contribution is 0.281. The maximum atomic E-state index is 3.71. The SMILES string of the molecule is Cc1ccc(NC2CC(C)CC(C)C2)cc1C. The summed E-state index contributed by atoms with van der Waals surface area (Å²) in [5, 5.41) is 3.71. The molecular weight excluding hydrogens is 206 g/mol. The Hall–Kier alpha value is -0.980. The highest BCUT2D eigenvalue weighted by Gasteiger charge is 2.23. The van der Waals surface area contributed by atoms with Gasteiger partial charge in [0.15, 0.2) is 0 Å². The monoisotopic (exact) mass is 231 g/mol. The molecule has 17 heavy (non-hydrogen) atoms. The molecular formula is C16H25N. The maximum Gasteiger partial charge on any atom is 0.0345 e. The lowest BCUT2D eigenvalue weighted by Crippen LogP contribution is -2.30. The fraction of sp³-hybridized carbons (Fsp3) is 0.625. The van der Waals surface area contributed by atoms with Gasteiger partial charge in [-0.05, 0) is 68.2 Å². The third kappa shape index (κ3) is 3.24. The molecule has 1 heteroatoms. The minimum atomic E-state index is 0.663. The number of anilines is 1. The molecule has 1 aromatic carbocycles. The summed E-state index contributed by atoms with van der Waals surface area (Å²) < 4.78 is 0. The van der Waals surface area contributed by atoms with Gasteiger partial charge in [0.05, 0.1) is 0 Å². The van der Waals surface area contributed by atoms with Gasteiger partial charge in [0, 0.05) is 11.7 Å². The van der Waals surface area contributed by atoms with Gasteiger partial charge < -0.3 is 5.32 Å². The highest BCUT2D eigenvalue weighted by Crippen LogP contribution is 2.30. The average Bonchev–Trinajstić information content (AvgIpc) is 2.22. The molecule has 1 aromatic rings. The normalized spacial score (nSPS) is 29.1. The Morgan fingerprint density at radius 3 is 2.18 bits per heavy atom. The van der Waals surface area contributed by atoms with Gasteiger partial charge in [-0.3, -0.25) is 0 Å². The van der Waals surface area contributed by atoms with Crippen LogP contribution in [0.25, 0.3) is 0 Å². The Balaban J connectivity index is 2.02. The van der Waals surface area contributed by atoms with Gasteiger partial charge >= 0.3 is 0 Å². The first-order valence-electron chi connectivity index (χ1n) is 6.88. The molecule has 94 valence electrons. The summed E-state index contributed by atoms with van der Waals surface area (Å²) in [5.74, 6) is 1.73. The van der Waals surface area contributed by atoms with E-state index < -0.39 is 0 Å². The van der Waals surface area contributed by atoms with E-state index >= 15 is 0 Å². The van der Waals surface area contributed by atoms with Crippen LogP contribution in [0.3, 0.4) is 0 Å². The molecule has 2 atom stereocenters. The molecule has 0 amide bonds. The van der Waals surface area contributed by atoms with E-state index in [1.807, 2.05) is 0 Å². The summed E-state index contributed by atoms with van der Waals surface area (Å²) in [5.41, 5.74) is 4.05. The van der Waals surface area contributed by atoms with Crippen LogP contribution in [0.15, 0.2) is 18.2 Å². The van der Waals surface area contributed by atoms with Crippen LogP contribution in [0, 0.1) is 25.7 Å². The van der Waals surface area contributed by atoms with Crippen LogP contribution in [-0.2, 0) is 0 Å². The molecule has 0 saturated heterocycles. The predicted octanol–water partition coefficient (Wildman–Crippen LogP) is 4.54. The van der Waals surface area contributed by atoms with Gasteiger partial charge in [-0.2, -0.15) is 0 Å². The number of hydrogen-bond donors (Lipinski definition) is 1. The number of benzene rings is 1. The summed E-state index contributed by atoms with van der Waals surface area (Å²) in [4.78, 5) is 0. The molecule has 0 aliphatic heterocycles. The highest BCUT2D eigenvalue weighted by molar-refractivity contribution is 5.48. The number of rotatable bonds is 2. The highest BCUT2D eigenvalue weighted by atomic mass is 14.9. The molecule has 0 spiro atoms. The van der Waals surface area contributed by atoms with Crippen molar-refractivity contribution in [2.75, 3.05) is 5.32 Å². The topological polar surface area (TPSA) is 12.0 Å². The van der Waals surface area contributed by atoms with E-state index in [1.165, 1.54) is 36.1 Å². The molecule has 0 aromatic heterocycles. The molecule has 1 fully saturated rings. The molecule has 0 heterocycles. The quantitative estimate of drug-likeness (QED) is 0.788. The van der Waals surface area contributed by atoms with Gasteiger partial charge in [-0.25, -0.2) is 0 Å². The van der Waals surface area contributed by atoms with Crippen molar-refractivity contribution in [2.45, 2.75) is 53.0 Å². The molecule has 0 bridgehead atoms. The maximum absolute atomic E-state index is 3.71. The lowest BCUT2D eigenvalue weighted by atomic mass is 9.80. The van der Waals surface area contributed by atoms with Crippen LogP contribution >= 0.6 is 0 Å². The Kier molecular flexibility index (Phi) is 3.76. The Morgan fingerprint density at radius 1 is 0.941 bits per heavy atom. The van der Waals surface area contributed by atoms with Gasteiger partial charge in [0.2, 0.25) is 0 Å². The molecule has 2 unspecified atom stereocenters. The first-order chi connectivity index (χ1) is 8.04. The zero-order chi connectivity index (χ0) is 12.4. The molecule has 1 aliphatic rings. The summed E-state index contributed by atoms with van der Waals surface area (Å²) in [7, 11) is 0. The van der Waals surface area contributed by atoms with Crippen LogP contribution in [0.5, 0.6) is 0 Å². The molecule has 0 radical (unpaired) electrons. The van der Waals surface area contributed by atoms with Gasteiger partial charge in [-0.15, -0.1) is 0 Å². The van der Waals surface area contributed by atoms with Crippen LogP contribution in [0.1, 0.15) is 44.2 Å². The molecule has 1 nitrogen and oxygen atoms in total. The van der Waals surface area contributed by atoms with Crippen LogP contribution in [0.4, 0.5) is 5.69 Å². The number of nitrogens with one attached hydrogen (secondary N) is 1. The molecule has 1 saturated carbocycles. The van der Waals surface area contributed by atoms with Gasteiger partial charge in [-0.1, -0.05) is 19.9 Å². The largest absolute Gasteiger partial charge is 0.382 e. The molecule has 1 aliphatic carbocycles. The Labute approximate surface area is 106 Å². The third-order valence-corrected chi connectivity index (χ3v) is 4.06. The Morgan fingerprint density at radius 2 is 1.59 bits per heavy atom. The smallest absolute Gasteiger partial charge is 0.0345 e. The number of hydrogen-bond acceptors (Lipinski definition) is 1. The second-order valence-electron chi connectivity index (χ2n) is 6.06. The van der Waals surface area contributed by atoms with Gasteiger partial charge in [0.25, 0.3) is 0 Å². The van der Waals surface area contributed by atoms with Crippen LogP contribution in [0.2, 0.25) is 0 Å². The van der Waals surface area contributed by atoms with E-state index in [4.69, 9.17) is 0 Å². The average molecular weight is 231 g/mol. The second-order valence-corrected chi connectivity index (χ2v) is 6.06. The van der Waals surface area contributed by atoms with Crippen molar-refractivity contribution in [3.05, 3.63) is 29.3 Å². The van der Waals surface area contributed by atoms with Crippen molar-refractivity contribution in [1.29, 1.82) is 0 Å². The van der Waals surface area contributed by atoms with Crippen LogP contribution < -0.4 is 5.32 Å². The minimum Gasteiger partial charge on any atom is -0.382 e. The third-order valence-electron chi connectivity index (χ3n) is 4.06. The Bertz CT molecular complexity index is 373. The molecule has 2 rings (SSSR count). The lowest BCUT2D eigenvalue weighted by Gasteiger charge is -2.32. The zero-order valence-electron chi connectivity index (χ0n) is 11.6. The first kappa shape index (κ1) is 12.5. The zero-order valence-corrected chi connectivity index (χ0v) is 11.6. The van der Waals surface area contributed by atoms with E-state index in [2.05, 4.69) is 51.2 Å². The second kappa shape index (κ2) is 5.12. The summed E-state index contributed by atoms with van der Waals surface area (Å²) in [6.07, 6.45) is 4.03. The fourth-order valence-electron chi connectivity index (χ4n) is 3.13. The fourth-order valence-corrected chi connectivity index (χ4v) is 3.13. The summed E-state index contributed by atoms with van der Waals surface area (Å²) >= 11 is 0. The standard InChI is InChI=1S/C16H25N/c1-11-7-12(2)9-16(8-11)17-15-6-5-13(3)14(4)10-15/h5-6,10-12,16-17H,7-9H2,1-4H3. The van der Waals surface area contributed by atoms with Crippen molar-refractivity contribution in [3.8, 4) is 0 Å². The number of aryl methyl sites for hydroxylation is 2. The van der Waals surface area contributed by atoms with Gasteiger partial charge in [0.1, 0.15) is 0 Å². The van der Waals surface area contributed by atoms with E-state index in [9.17, 15) is 0 Å².